The molecular formula is C13H20N2O2. The van der Waals surface area contributed by atoms with E-state index < -0.39 is 12.0 Å². The molecule has 1 rings (SSSR count). The van der Waals surface area contributed by atoms with Crippen molar-refractivity contribution >= 4 is 5.97 Å². The molecule has 0 saturated heterocycles. The van der Waals surface area contributed by atoms with Gasteiger partial charge in [-0.1, -0.05) is 23.8 Å². The second-order valence-electron chi connectivity index (χ2n) is 4.33. The van der Waals surface area contributed by atoms with Crippen LogP contribution in [0.2, 0.25) is 0 Å². The Labute approximate surface area is 102 Å². The van der Waals surface area contributed by atoms with Crippen molar-refractivity contribution in [1.82, 2.24) is 5.32 Å². The number of aryl methyl sites for hydroxylation is 2. The molecule has 0 amide bonds. The van der Waals surface area contributed by atoms with Gasteiger partial charge in [0.05, 0.1) is 0 Å². The minimum absolute atomic E-state index is 0.306. The van der Waals surface area contributed by atoms with Crippen LogP contribution in [0.1, 0.15) is 16.7 Å². The van der Waals surface area contributed by atoms with E-state index in [9.17, 15) is 4.79 Å². The highest BCUT2D eigenvalue weighted by Gasteiger charge is 2.09. The van der Waals surface area contributed by atoms with Gasteiger partial charge < -0.3 is 16.2 Å². The first kappa shape index (κ1) is 13.7. The lowest BCUT2D eigenvalue weighted by atomic mass is 10.0. The Bertz CT molecular complexity index is 391. The zero-order valence-electron chi connectivity index (χ0n) is 10.4. The molecule has 0 radical (unpaired) electrons. The van der Waals surface area contributed by atoms with Crippen LogP contribution in [0.5, 0.6) is 0 Å². The van der Waals surface area contributed by atoms with Gasteiger partial charge in [-0.05, 0) is 37.9 Å². The van der Waals surface area contributed by atoms with Gasteiger partial charge in [0.2, 0.25) is 0 Å². The summed E-state index contributed by atoms with van der Waals surface area (Å²) in [6.45, 7) is 5.19. The largest absolute Gasteiger partial charge is 0.480 e. The summed E-state index contributed by atoms with van der Waals surface area (Å²) in [5, 5.41) is 11.7. The molecule has 0 aliphatic rings. The predicted molar refractivity (Wildman–Crippen MR) is 68.1 cm³/mol. The Kier molecular flexibility index (Phi) is 5.12. The fraction of sp³-hybridized carbons (Fsp3) is 0.462. The van der Waals surface area contributed by atoms with Crippen molar-refractivity contribution in [3.63, 3.8) is 0 Å². The summed E-state index contributed by atoms with van der Waals surface area (Å²) >= 11 is 0. The van der Waals surface area contributed by atoms with E-state index in [2.05, 4.69) is 37.4 Å². The number of carboxylic acids is 1. The SMILES string of the molecule is Cc1ccc(C)c(CCNCC(N)C(=O)O)c1. The quantitative estimate of drug-likeness (QED) is 0.640. The lowest BCUT2D eigenvalue weighted by Gasteiger charge is -2.10. The minimum atomic E-state index is -0.968. The number of nitrogens with one attached hydrogen (secondary N) is 1. The summed E-state index contributed by atoms with van der Waals surface area (Å²) in [6.07, 6.45) is 0.889. The Balaban J connectivity index is 2.36. The molecule has 0 bridgehead atoms. The van der Waals surface area contributed by atoms with E-state index in [0.29, 0.717) is 6.54 Å². The highest BCUT2D eigenvalue weighted by Crippen LogP contribution is 2.10. The third-order valence-electron chi connectivity index (χ3n) is 2.76. The maximum Gasteiger partial charge on any atom is 0.321 e. The van der Waals surface area contributed by atoms with Gasteiger partial charge in [-0.2, -0.15) is 0 Å². The van der Waals surface area contributed by atoms with Crippen LogP contribution in [-0.4, -0.2) is 30.2 Å². The molecule has 1 aromatic rings. The lowest BCUT2D eigenvalue weighted by Crippen LogP contribution is -2.40. The van der Waals surface area contributed by atoms with Crippen molar-refractivity contribution < 1.29 is 9.90 Å². The van der Waals surface area contributed by atoms with Crippen LogP contribution in [0.3, 0.4) is 0 Å². The number of carbonyl (C=O) groups is 1. The summed E-state index contributed by atoms with van der Waals surface area (Å²) in [6, 6.07) is 5.53. The normalized spacial score (nSPS) is 12.4. The third kappa shape index (κ3) is 4.54. The number of rotatable bonds is 6. The minimum Gasteiger partial charge on any atom is -0.480 e. The van der Waals surface area contributed by atoms with Gasteiger partial charge in [0, 0.05) is 6.54 Å². The third-order valence-corrected chi connectivity index (χ3v) is 2.76. The van der Waals surface area contributed by atoms with E-state index in [1.165, 1.54) is 16.7 Å². The van der Waals surface area contributed by atoms with E-state index in [1.807, 2.05) is 0 Å². The maximum atomic E-state index is 10.5. The van der Waals surface area contributed by atoms with Gasteiger partial charge in [-0.25, -0.2) is 0 Å². The van der Waals surface area contributed by atoms with Gasteiger partial charge >= 0.3 is 5.97 Å². The number of nitrogens with two attached hydrogens (primary N) is 1. The van der Waals surface area contributed by atoms with Crippen molar-refractivity contribution in [2.24, 2.45) is 5.73 Å². The van der Waals surface area contributed by atoms with Crippen molar-refractivity contribution in [1.29, 1.82) is 0 Å². The highest BCUT2D eigenvalue weighted by molar-refractivity contribution is 5.73. The predicted octanol–water partition coefficient (Wildman–Crippen LogP) is 0.847. The van der Waals surface area contributed by atoms with Crippen molar-refractivity contribution in [2.45, 2.75) is 26.3 Å². The molecule has 1 atom stereocenters. The second kappa shape index (κ2) is 6.37. The molecule has 4 nitrogen and oxygen atoms in total. The van der Waals surface area contributed by atoms with Gasteiger partial charge in [0.1, 0.15) is 6.04 Å². The molecule has 0 saturated carbocycles. The van der Waals surface area contributed by atoms with Gasteiger partial charge in [0.25, 0.3) is 0 Å². The lowest BCUT2D eigenvalue weighted by molar-refractivity contribution is -0.138. The molecule has 0 aliphatic heterocycles. The summed E-state index contributed by atoms with van der Waals surface area (Å²) in [5.74, 6) is -0.968. The van der Waals surface area contributed by atoms with Gasteiger partial charge in [-0.15, -0.1) is 0 Å². The van der Waals surface area contributed by atoms with Crippen LogP contribution in [0, 0.1) is 13.8 Å². The zero-order valence-corrected chi connectivity index (χ0v) is 10.4. The standard InChI is InChI=1S/C13H20N2O2/c1-9-3-4-10(2)11(7-9)5-6-15-8-12(14)13(16)17/h3-4,7,12,15H,5-6,8,14H2,1-2H3,(H,16,17). The molecule has 17 heavy (non-hydrogen) atoms. The van der Waals surface area contributed by atoms with Crippen molar-refractivity contribution in [3.05, 3.63) is 34.9 Å². The second-order valence-corrected chi connectivity index (χ2v) is 4.33. The molecule has 4 N–H and O–H groups in total. The number of carboxylic acid groups (broad SMARTS) is 1. The summed E-state index contributed by atoms with van der Waals surface area (Å²) in [5.41, 5.74) is 9.19. The molecule has 94 valence electrons. The molecule has 1 unspecified atom stereocenters. The first-order valence-electron chi connectivity index (χ1n) is 5.76. The van der Waals surface area contributed by atoms with Crippen LogP contribution in [-0.2, 0) is 11.2 Å². The maximum absolute atomic E-state index is 10.5. The average Bonchev–Trinajstić information content (AvgIpc) is 2.28. The topological polar surface area (TPSA) is 75.3 Å². The van der Waals surface area contributed by atoms with Gasteiger partial charge in [-0.3, -0.25) is 4.79 Å². The number of aliphatic carboxylic acids is 1. The van der Waals surface area contributed by atoms with Gasteiger partial charge in [0.15, 0.2) is 0 Å². The molecule has 0 fully saturated rings. The Morgan fingerprint density at radius 2 is 2.18 bits per heavy atom. The number of benzene rings is 1. The Morgan fingerprint density at radius 3 is 2.82 bits per heavy atom. The smallest absolute Gasteiger partial charge is 0.321 e. The zero-order chi connectivity index (χ0) is 12.8. The summed E-state index contributed by atoms with van der Waals surface area (Å²) in [7, 11) is 0. The number of hydrogen-bond acceptors (Lipinski definition) is 3. The van der Waals surface area contributed by atoms with Crippen LogP contribution in [0.15, 0.2) is 18.2 Å². The molecule has 1 aromatic carbocycles. The molecular weight excluding hydrogens is 216 g/mol. The van der Waals surface area contributed by atoms with E-state index in [4.69, 9.17) is 10.8 Å². The summed E-state index contributed by atoms with van der Waals surface area (Å²) in [4.78, 5) is 10.5. The fourth-order valence-corrected chi connectivity index (χ4v) is 1.64. The highest BCUT2D eigenvalue weighted by atomic mass is 16.4. The molecule has 0 aliphatic carbocycles. The van der Waals surface area contributed by atoms with E-state index in [0.717, 1.165) is 13.0 Å². The first-order valence-corrected chi connectivity index (χ1v) is 5.76. The molecule has 0 aromatic heterocycles. The monoisotopic (exact) mass is 236 g/mol. The molecule has 0 spiro atoms. The first-order chi connectivity index (χ1) is 8.00. The van der Waals surface area contributed by atoms with E-state index in [-0.39, 0.29) is 0 Å². The Hall–Kier alpha value is -1.39. The molecule has 4 heteroatoms. The van der Waals surface area contributed by atoms with Crippen molar-refractivity contribution in [2.75, 3.05) is 13.1 Å². The molecule has 0 heterocycles. The average molecular weight is 236 g/mol. The van der Waals surface area contributed by atoms with Crippen LogP contribution >= 0.6 is 0 Å². The summed E-state index contributed by atoms with van der Waals surface area (Å²) < 4.78 is 0. The van der Waals surface area contributed by atoms with Crippen LogP contribution in [0.25, 0.3) is 0 Å². The number of hydrogen-bond donors (Lipinski definition) is 3. The van der Waals surface area contributed by atoms with E-state index >= 15 is 0 Å². The van der Waals surface area contributed by atoms with E-state index in [1.54, 1.807) is 0 Å². The van der Waals surface area contributed by atoms with Crippen LogP contribution in [0.4, 0.5) is 0 Å². The Morgan fingerprint density at radius 1 is 1.47 bits per heavy atom. The van der Waals surface area contributed by atoms with Crippen LogP contribution < -0.4 is 11.1 Å². The fourth-order valence-electron chi connectivity index (χ4n) is 1.64. The van der Waals surface area contributed by atoms with Crippen molar-refractivity contribution in [3.8, 4) is 0 Å².